The van der Waals surface area contributed by atoms with E-state index in [4.69, 9.17) is 16.5 Å². The van der Waals surface area contributed by atoms with Crippen molar-refractivity contribution >= 4 is 17.6 Å². The van der Waals surface area contributed by atoms with Crippen molar-refractivity contribution in [1.82, 2.24) is 4.98 Å². The van der Waals surface area contributed by atoms with Crippen LogP contribution in [0.4, 0.5) is 5.69 Å². The third kappa shape index (κ3) is 3.52. The summed E-state index contributed by atoms with van der Waals surface area (Å²) in [6, 6.07) is 12.5. The van der Waals surface area contributed by atoms with Crippen LogP contribution in [0.15, 0.2) is 58.8 Å². The van der Waals surface area contributed by atoms with E-state index in [1.165, 1.54) is 17.5 Å². The van der Waals surface area contributed by atoms with Crippen molar-refractivity contribution in [1.29, 1.82) is 0 Å². The van der Waals surface area contributed by atoms with Crippen molar-refractivity contribution in [3.63, 3.8) is 0 Å². The Morgan fingerprint density at radius 1 is 0.926 bits per heavy atom. The summed E-state index contributed by atoms with van der Waals surface area (Å²) in [6.45, 7) is 0. The van der Waals surface area contributed by atoms with Gasteiger partial charge in [-0.2, -0.15) is 4.99 Å². The summed E-state index contributed by atoms with van der Waals surface area (Å²) in [5.41, 5.74) is 15.6. The van der Waals surface area contributed by atoms with Crippen molar-refractivity contribution in [3.05, 3.63) is 59.9 Å². The van der Waals surface area contributed by atoms with Crippen molar-refractivity contribution in [2.45, 2.75) is 50.6 Å². The Balaban J connectivity index is 1.68. The Morgan fingerprint density at radius 3 is 2.44 bits per heavy atom. The number of aryl methyl sites for hydroxylation is 2. The fraction of sp³-hybridized carbons (Fsp3) is 0.381. The smallest absolute Gasteiger partial charge is 0.220 e. The number of aliphatic imine (C=N–C) groups is 2. The minimum Gasteiger partial charge on any atom is -0.369 e. The molecule has 2 aromatic rings. The predicted octanol–water partition coefficient (Wildman–Crippen LogP) is 2.98. The zero-order chi connectivity index (χ0) is 18.7. The van der Waals surface area contributed by atoms with Gasteiger partial charge in [0.25, 0.3) is 0 Å². The minimum absolute atomic E-state index is 0.292. The molecule has 1 spiro atoms. The van der Waals surface area contributed by atoms with Gasteiger partial charge in [-0.3, -0.25) is 9.88 Å². The zero-order valence-corrected chi connectivity index (χ0v) is 15.5. The molecular weight excluding hydrogens is 336 g/mol. The summed E-state index contributed by atoms with van der Waals surface area (Å²) in [5.74, 6) is 0.737. The first-order valence-electron chi connectivity index (χ1n) is 9.64. The molecule has 4 rings (SSSR count). The average molecular weight is 362 g/mol. The third-order valence-corrected chi connectivity index (χ3v) is 5.52. The maximum absolute atomic E-state index is 6.39. The number of nitrogens with two attached hydrogens (primary N) is 2. The summed E-state index contributed by atoms with van der Waals surface area (Å²) in [5, 5.41) is 0. The molecule has 2 heterocycles. The van der Waals surface area contributed by atoms with E-state index in [1.54, 1.807) is 0 Å². The molecule has 1 aliphatic heterocycles. The average Bonchev–Trinajstić information content (AvgIpc) is 2.68. The van der Waals surface area contributed by atoms with E-state index in [1.807, 2.05) is 12.4 Å². The van der Waals surface area contributed by atoms with Gasteiger partial charge in [-0.1, -0.05) is 24.6 Å². The van der Waals surface area contributed by atoms with Crippen LogP contribution in [-0.4, -0.2) is 22.6 Å². The van der Waals surface area contributed by atoms with Crippen LogP contribution < -0.4 is 16.4 Å². The number of pyridine rings is 1. The molecule has 6 heteroatoms. The van der Waals surface area contributed by atoms with Gasteiger partial charge in [-0.05, 0) is 67.9 Å². The molecule has 1 saturated carbocycles. The summed E-state index contributed by atoms with van der Waals surface area (Å²) in [6.07, 6.45) is 10.9. The fourth-order valence-electron chi connectivity index (χ4n) is 4.24. The third-order valence-electron chi connectivity index (χ3n) is 5.52. The molecule has 0 bridgehead atoms. The summed E-state index contributed by atoms with van der Waals surface area (Å²) >= 11 is 0. The molecule has 0 saturated heterocycles. The molecule has 1 aromatic heterocycles. The van der Waals surface area contributed by atoms with Crippen LogP contribution in [0.25, 0.3) is 0 Å². The molecule has 1 aliphatic carbocycles. The largest absolute Gasteiger partial charge is 0.369 e. The molecule has 2 aliphatic rings. The van der Waals surface area contributed by atoms with Crippen LogP contribution in [0.3, 0.4) is 0 Å². The lowest BCUT2D eigenvalue weighted by atomic mass is 9.86. The summed E-state index contributed by atoms with van der Waals surface area (Å²) < 4.78 is 0. The zero-order valence-electron chi connectivity index (χ0n) is 15.5. The van der Waals surface area contributed by atoms with E-state index in [9.17, 15) is 0 Å². The number of anilines is 1. The topological polar surface area (TPSA) is 92.9 Å². The standard InChI is InChI=1S/C21H26N6/c22-19-25-20(23)27(21(26-19)12-4-1-5-13-21)18-7-3-2-6-17(18)9-8-16-10-14-24-15-11-16/h2-3,6-7,10-11,14-15H,1,4-5,8-9,12-13H2,(H4,22,23,25,26). The summed E-state index contributed by atoms with van der Waals surface area (Å²) in [7, 11) is 0. The van der Waals surface area contributed by atoms with Crippen LogP contribution in [0.2, 0.25) is 0 Å². The molecule has 27 heavy (non-hydrogen) atoms. The number of hydrogen-bond donors (Lipinski definition) is 2. The molecular formula is C21H26N6. The van der Waals surface area contributed by atoms with E-state index in [2.05, 4.69) is 51.3 Å². The van der Waals surface area contributed by atoms with E-state index >= 15 is 0 Å². The SMILES string of the molecule is NC1=NC2(CCCCC2)N(c2ccccc2CCc2ccncc2)C(N)=N1. The Morgan fingerprint density at radius 2 is 1.67 bits per heavy atom. The van der Waals surface area contributed by atoms with Gasteiger partial charge >= 0.3 is 0 Å². The van der Waals surface area contributed by atoms with Gasteiger partial charge in [0.1, 0.15) is 5.66 Å². The monoisotopic (exact) mass is 362 g/mol. The Labute approximate surface area is 160 Å². The van der Waals surface area contributed by atoms with E-state index < -0.39 is 5.66 Å². The van der Waals surface area contributed by atoms with E-state index in [0.29, 0.717) is 11.9 Å². The van der Waals surface area contributed by atoms with Crippen LogP contribution in [-0.2, 0) is 12.8 Å². The number of benzene rings is 1. The highest BCUT2D eigenvalue weighted by molar-refractivity contribution is 6.06. The lowest BCUT2D eigenvalue weighted by molar-refractivity contribution is 0.305. The molecule has 1 aromatic carbocycles. The predicted molar refractivity (Wildman–Crippen MR) is 110 cm³/mol. The number of hydrogen-bond acceptors (Lipinski definition) is 6. The number of aromatic nitrogens is 1. The first-order valence-corrected chi connectivity index (χ1v) is 9.64. The number of rotatable bonds is 4. The molecule has 6 nitrogen and oxygen atoms in total. The molecule has 1 fully saturated rings. The number of nitrogens with zero attached hydrogens (tertiary/aromatic N) is 4. The van der Waals surface area contributed by atoms with Crippen LogP contribution >= 0.6 is 0 Å². The van der Waals surface area contributed by atoms with Gasteiger partial charge in [-0.15, -0.1) is 0 Å². The van der Waals surface area contributed by atoms with Gasteiger partial charge in [-0.25, -0.2) is 4.99 Å². The second kappa shape index (κ2) is 7.39. The number of guanidine groups is 2. The van der Waals surface area contributed by atoms with Crippen LogP contribution in [0, 0.1) is 0 Å². The lowest BCUT2D eigenvalue weighted by Crippen LogP contribution is -2.58. The maximum atomic E-state index is 6.39. The van der Waals surface area contributed by atoms with Gasteiger partial charge in [0.15, 0.2) is 0 Å². The van der Waals surface area contributed by atoms with Crippen molar-refractivity contribution in [3.8, 4) is 0 Å². The second-order valence-corrected chi connectivity index (χ2v) is 7.30. The minimum atomic E-state index is -0.402. The second-order valence-electron chi connectivity index (χ2n) is 7.30. The van der Waals surface area contributed by atoms with Gasteiger partial charge in [0.05, 0.1) is 0 Å². The van der Waals surface area contributed by atoms with Gasteiger partial charge in [0.2, 0.25) is 11.9 Å². The Bertz CT molecular complexity index is 852. The number of para-hydroxylation sites is 1. The van der Waals surface area contributed by atoms with Gasteiger partial charge < -0.3 is 11.5 Å². The Kier molecular flexibility index (Phi) is 4.79. The molecule has 0 radical (unpaired) electrons. The normalized spacial score (nSPS) is 18.9. The Hall–Kier alpha value is -2.89. The maximum Gasteiger partial charge on any atom is 0.220 e. The summed E-state index contributed by atoms with van der Waals surface area (Å²) in [4.78, 5) is 15.3. The molecule has 0 unspecified atom stereocenters. The quantitative estimate of drug-likeness (QED) is 0.874. The van der Waals surface area contributed by atoms with E-state index in [0.717, 1.165) is 44.2 Å². The molecule has 0 amide bonds. The van der Waals surface area contributed by atoms with Crippen molar-refractivity contribution < 1.29 is 0 Å². The highest BCUT2D eigenvalue weighted by Crippen LogP contribution is 2.40. The first-order chi connectivity index (χ1) is 13.2. The highest BCUT2D eigenvalue weighted by atomic mass is 15.4. The van der Waals surface area contributed by atoms with Crippen molar-refractivity contribution in [2.24, 2.45) is 21.5 Å². The first kappa shape index (κ1) is 17.5. The fourth-order valence-corrected chi connectivity index (χ4v) is 4.24. The van der Waals surface area contributed by atoms with Crippen LogP contribution in [0.1, 0.15) is 43.2 Å². The lowest BCUT2D eigenvalue weighted by Gasteiger charge is -2.46. The highest BCUT2D eigenvalue weighted by Gasteiger charge is 2.43. The van der Waals surface area contributed by atoms with Crippen LogP contribution in [0.5, 0.6) is 0 Å². The molecule has 4 N–H and O–H groups in total. The van der Waals surface area contributed by atoms with Gasteiger partial charge in [0, 0.05) is 18.1 Å². The van der Waals surface area contributed by atoms with Crippen molar-refractivity contribution in [2.75, 3.05) is 4.90 Å². The molecule has 140 valence electrons. The molecule has 0 atom stereocenters. The van der Waals surface area contributed by atoms with E-state index in [-0.39, 0.29) is 0 Å².